The topological polar surface area (TPSA) is 49.3 Å². The van der Waals surface area contributed by atoms with Crippen molar-refractivity contribution in [3.63, 3.8) is 0 Å². The molecule has 3 nitrogen and oxygen atoms in total. The van der Waals surface area contributed by atoms with Crippen molar-refractivity contribution in [1.82, 2.24) is 5.32 Å². The first-order valence-corrected chi connectivity index (χ1v) is 4.55. The summed E-state index contributed by atoms with van der Waals surface area (Å²) < 4.78 is 0. The summed E-state index contributed by atoms with van der Waals surface area (Å²) in [7, 11) is 0. The third-order valence-electron chi connectivity index (χ3n) is 2.75. The van der Waals surface area contributed by atoms with Crippen LogP contribution in [-0.2, 0) is 4.79 Å². The molecule has 0 aromatic heterocycles. The van der Waals surface area contributed by atoms with Gasteiger partial charge in [0.05, 0.1) is 0 Å². The number of rotatable bonds is 5. The van der Waals surface area contributed by atoms with Gasteiger partial charge in [-0.05, 0) is 24.3 Å². The summed E-state index contributed by atoms with van der Waals surface area (Å²) in [6.45, 7) is 9.19. The Balaban J connectivity index is 2.09. The molecule has 0 aliphatic heterocycles. The molecule has 1 aliphatic rings. The molecule has 0 bridgehead atoms. The van der Waals surface area contributed by atoms with E-state index in [2.05, 4.69) is 25.7 Å². The van der Waals surface area contributed by atoms with E-state index < -0.39 is 5.97 Å². The second kappa shape index (κ2) is 3.50. The van der Waals surface area contributed by atoms with Gasteiger partial charge in [0, 0.05) is 12.1 Å². The molecule has 1 saturated carbocycles. The van der Waals surface area contributed by atoms with Crippen LogP contribution in [-0.4, -0.2) is 24.2 Å². The normalized spacial score (nSPS) is 24.0. The number of nitrogens with one attached hydrogen (secondary N) is 1. The van der Waals surface area contributed by atoms with Crippen molar-refractivity contribution in [1.29, 1.82) is 0 Å². The average molecular weight is 183 g/mol. The monoisotopic (exact) mass is 183 g/mol. The van der Waals surface area contributed by atoms with Gasteiger partial charge in [-0.3, -0.25) is 0 Å². The van der Waals surface area contributed by atoms with Crippen molar-refractivity contribution in [3.8, 4) is 0 Å². The van der Waals surface area contributed by atoms with Gasteiger partial charge in [-0.25, -0.2) is 4.79 Å². The van der Waals surface area contributed by atoms with Crippen LogP contribution in [0.5, 0.6) is 0 Å². The van der Waals surface area contributed by atoms with Gasteiger partial charge in [-0.2, -0.15) is 0 Å². The van der Waals surface area contributed by atoms with E-state index >= 15 is 0 Å². The maximum absolute atomic E-state index is 10.4. The third-order valence-corrected chi connectivity index (χ3v) is 2.75. The fourth-order valence-corrected chi connectivity index (χ4v) is 1.40. The maximum atomic E-state index is 10.4. The van der Waals surface area contributed by atoms with Gasteiger partial charge in [0.15, 0.2) is 0 Å². The Labute approximate surface area is 78.8 Å². The molecule has 0 heterocycles. The van der Waals surface area contributed by atoms with Crippen molar-refractivity contribution >= 4 is 5.97 Å². The smallest absolute Gasteiger partial charge is 0.332 e. The van der Waals surface area contributed by atoms with Gasteiger partial charge in [0.2, 0.25) is 0 Å². The molecule has 1 atom stereocenters. The fourth-order valence-electron chi connectivity index (χ4n) is 1.40. The second-order valence-corrected chi connectivity index (χ2v) is 4.43. The lowest BCUT2D eigenvalue weighted by Gasteiger charge is -2.05. The van der Waals surface area contributed by atoms with Crippen LogP contribution in [0.2, 0.25) is 0 Å². The van der Waals surface area contributed by atoms with E-state index in [9.17, 15) is 4.79 Å². The average Bonchev–Trinajstić information content (AvgIpc) is 2.58. The highest BCUT2D eigenvalue weighted by Gasteiger charge is 2.44. The van der Waals surface area contributed by atoms with E-state index in [1.807, 2.05) is 0 Å². The Kier molecular flexibility index (Phi) is 2.76. The summed E-state index contributed by atoms with van der Waals surface area (Å²) in [5, 5.41) is 11.6. The molecule has 13 heavy (non-hydrogen) atoms. The minimum Gasteiger partial charge on any atom is -0.478 e. The van der Waals surface area contributed by atoms with Crippen LogP contribution in [0.25, 0.3) is 0 Å². The van der Waals surface area contributed by atoms with Crippen LogP contribution >= 0.6 is 0 Å². The summed E-state index contributed by atoms with van der Waals surface area (Å²) in [5.41, 5.74) is 0.691. The predicted octanol–water partition coefficient (Wildman–Crippen LogP) is 1.26. The zero-order valence-electron chi connectivity index (χ0n) is 8.26. The molecule has 0 amide bonds. The lowest BCUT2D eigenvalue weighted by atomic mass is 10.1. The predicted molar refractivity (Wildman–Crippen MR) is 51.5 cm³/mol. The number of carbonyl (C=O) groups is 1. The minimum atomic E-state index is -0.914. The summed E-state index contributed by atoms with van der Waals surface area (Å²) in [5.74, 6) is -0.211. The Morgan fingerprint density at radius 2 is 2.23 bits per heavy atom. The maximum Gasteiger partial charge on any atom is 0.332 e. The van der Waals surface area contributed by atoms with E-state index in [0.717, 1.165) is 6.54 Å². The lowest BCUT2D eigenvalue weighted by molar-refractivity contribution is -0.132. The molecule has 0 aromatic rings. The minimum absolute atomic E-state index is 0.235. The van der Waals surface area contributed by atoms with Crippen molar-refractivity contribution in [3.05, 3.63) is 12.2 Å². The van der Waals surface area contributed by atoms with E-state index in [1.54, 1.807) is 0 Å². The SMILES string of the molecule is C=C(CNCC1CC1(C)C)C(=O)O. The molecule has 0 spiro atoms. The number of aliphatic carboxylic acids is 1. The Morgan fingerprint density at radius 3 is 2.62 bits per heavy atom. The van der Waals surface area contributed by atoms with Crippen LogP contribution in [0, 0.1) is 11.3 Å². The second-order valence-electron chi connectivity index (χ2n) is 4.43. The first kappa shape index (κ1) is 10.3. The van der Waals surface area contributed by atoms with Gasteiger partial charge in [0.25, 0.3) is 0 Å². The zero-order chi connectivity index (χ0) is 10.1. The highest BCUT2D eigenvalue weighted by molar-refractivity contribution is 5.86. The van der Waals surface area contributed by atoms with Crippen molar-refractivity contribution in [2.45, 2.75) is 20.3 Å². The number of carboxylic acid groups (broad SMARTS) is 1. The lowest BCUT2D eigenvalue weighted by Crippen LogP contribution is -2.23. The standard InChI is InChI=1S/C10H17NO2/c1-7(9(12)13)5-11-6-8-4-10(8,2)3/h8,11H,1,4-6H2,2-3H3,(H,12,13). The van der Waals surface area contributed by atoms with E-state index in [0.29, 0.717) is 17.9 Å². The Hall–Kier alpha value is -0.830. The van der Waals surface area contributed by atoms with Crippen molar-refractivity contribution in [2.24, 2.45) is 11.3 Å². The van der Waals surface area contributed by atoms with Gasteiger partial charge in [-0.15, -0.1) is 0 Å². The molecule has 0 radical (unpaired) electrons. The molecule has 1 rings (SSSR count). The molecule has 0 saturated heterocycles. The molecular weight excluding hydrogens is 166 g/mol. The molecule has 1 aliphatic carbocycles. The first-order valence-electron chi connectivity index (χ1n) is 4.55. The fraction of sp³-hybridized carbons (Fsp3) is 0.700. The highest BCUT2D eigenvalue weighted by Crippen LogP contribution is 2.50. The molecule has 1 fully saturated rings. The molecule has 0 aromatic carbocycles. The Morgan fingerprint density at radius 1 is 1.69 bits per heavy atom. The van der Waals surface area contributed by atoms with Crippen LogP contribution in [0.1, 0.15) is 20.3 Å². The molecular formula is C10H17NO2. The molecule has 2 N–H and O–H groups in total. The summed E-state index contributed by atoms with van der Waals surface area (Å²) in [4.78, 5) is 10.4. The number of hydrogen-bond acceptors (Lipinski definition) is 2. The summed E-state index contributed by atoms with van der Waals surface area (Å²) in [6.07, 6.45) is 1.24. The van der Waals surface area contributed by atoms with Crippen molar-refractivity contribution in [2.75, 3.05) is 13.1 Å². The Bertz CT molecular complexity index is 233. The quantitative estimate of drug-likeness (QED) is 0.631. The summed E-state index contributed by atoms with van der Waals surface area (Å²) >= 11 is 0. The van der Waals surface area contributed by atoms with E-state index in [1.165, 1.54) is 6.42 Å². The van der Waals surface area contributed by atoms with Crippen LogP contribution in [0.4, 0.5) is 0 Å². The number of hydrogen-bond donors (Lipinski definition) is 2. The zero-order valence-corrected chi connectivity index (χ0v) is 8.26. The van der Waals surface area contributed by atoms with Crippen LogP contribution < -0.4 is 5.32 Å². The molecule has 1 unspecified atom stereocenters. The summed E-state index contributed by atoms with van der Waals surface area (Å²) in [6, 6.07) is 0. The van der Waals surface area contributed by atoms with Gasteiger partial charge < -0.3 is 10.4 Å². The highest BCUT2D eigenvalue weighted by atomic mass is 16.4. The van der Waals surface area contributed by atoms with Gasteiger partial charge >= 0.3 is 5.97 Å². The largest absolute Gasteiger partial charge is 0.478 e. The van der Waals surface area contributed by atoms with Crippen molar-refractivity contribution < 1.29 is 9.90 Å². The molecule has 3 heteroatoms. The van der Waals surface area contributed by atoms with E-state index in [-0.39, 0.29) is 5.57 Å². The molecule has 74 valence electrons. The van der Waals surface area contributed by atoms with Crippen LogP contribution in [0.3, 0.4) is 0 Å². The van der Waals surface area contributed by atoms with Gasteiger partial charge in [0.1, 0.15) is 0 Å². The van der Waals surface area contributed by atoms with Gasteiger partial charge in [-0.1, -0.05) is 20.4 Å². The van der Waals surface area contributed by atoms with Crippen LogP contribution in [0.15, 0.2) is 12.2 Å². The third kappa shape index (κ3) is 2.84. The number of carboxylic acids is 1. The van der Waals surface area contributed by atoms with E-state index in [4.69, 9.17) is 5.11 Å². The first-order chi connectivity index (χ1) is 5.93.